The maximum absolute atomic E-state index is 12.1. The molecule has 23 heavy (non-hydrogen) atoms. The predicted octanol–water partition coefficient (Wildman–Crippen LogP) is 3.18. The first-order valence-electron chi connectivity index (χ1n) is 7.12. The standard InChI is InChI=1S/C16H15BrN4O2/c1-11(21-7-2-3-8-21)16(22)18-10-14-19-15(20-23-14)12-5-4-6-13(17)9-12/h2-9,11H,10H2,1H3,(H,18,22)/t11-/m1/s1. The second kappa shape index (κ2) is 6.78. The van der Waals surface area contributed by atoms with Gasteiger partial charge in [0, 0.05) is 22.4 Å². The van der Waals surface area contributed by atoms with Gasteiger partial charge in [0.25, 0.3) is 0 Å². The second-order valence-corrected chi connectivity index (χ2v) is 5.96. The Morgan fingerprint density at radius 1 is 1.35 bits per heavy atom. The minimum atomic E-state index is -0.294. The monoisotopic (exact) mass is 374 g/mol. The summed E-state index contributed by atoms with van der Waals surface area (Å²) in [7, 11) is 0. The Balaban J connectivity index is 1.62. The zero-order valence-electron chi connectivity index (χ0n) is 12.4. The predicted molar refractivity (Wildman–Crippen MR) is 88.4 cm³/mol. The van der Waals surface area contributed by atoms with E-state index in [0.29, 0.717) is 11.7 Å². The van der Waals surface area contributed by atoms with Crippen molar-refractivity contribution < 1.29 is 9.32 Å². The molecule has 1 N–H and O–H groups in total. The topological polar surface area (TPSA) is 73.0 Å². The zero-order chi connectivity index (χ0) is 16.2. The van der Waals surface area contributed by atoms with E-state index in [1.807, 2.05) is 60.3 Å². The highest BCUT2D eigenvalue weighted by atomic mass is 79.9. The largest absolute Gasteiger partial charge is 0.345 e. The van der Waals surface area contributed by atoms with Gasteiger partial charge in [-0.25, -0.2) is 0 Å². The minimum Gasteiger partial charge on any atom is -0.345 e. The van der Waals surface area contributed by atoms with Crippen LogP contribution >= 0.6 is 15.9 Å². The van der Waals surface area contributed by atoms with E-state index < -0.39 is 0 Å². The van der Waals surface area contributed by atoms with Crippen LogP contribution in [0.15, 0.2) is 57.8 Å². The molecule has 3 rings (SSSR count). The first kappa shape index (κ1) is 15.5. The SMILES string of the molecule is C[C@H](C(=O)NCc1nc(-c2cccc(Br)c2)no1)n1cccc1. The van der Waals surface area contributed by atoms with E-state index in [4.69, 9.17) is 4.52 Å². The van der Waals surface area contributed by atoms with Crippen LogP contribution in [0.2, 0.25) is 0 Å². The first-order valence-corrected chi connectivity index (χ1v) is 7.91. The van der Waals surface area contributed by atoms with Gasteiger partial charge in [0.05, 0.1) is 6.54 Å². The number of benzene rings is 1. The molecule has 0 aliphatic carbocycles. The van der Waals surface area contributed by atoms with Crippen molar-refractivity contribution >= 4 is 21.8 Å². The van der Waals surface area contributed by atoms with Crippen molar-refractivity contribution in [3.05, 3.63) is 59.2 Å². The number of aromatic nitrogens is 3. The molecule has 7 heteroatoms. The van der Waals surface area contributed by atoms with Gasteiger partial charge in [-0.3, -0.25) is 4.79 Å². The highest BCUT2D eigenvalue weighted by Gasteiger charge is 2.15. The third-order valence-corrected chi connectivity index (χ3v) is 3.91. The zero-order valence-corrected chi connectivity index (χ0v) is 14.0. The Hall–Kier alpha value is -2.41. The van der Waals surface area contributed by atoms with Gasteiger partial charge in [-0.15, -0.1) is 0 Å². The van der Waals surface area contributed by atoms with E-state index in [-0.39, 0.29) is 18.5 Å². The number of rotatable bonds is 5. The Kier molecular flexibility index (Phi) is 4.57. The molecule has 0 fully saturated rings. The van der Waals surface area contributed by atoms with Crippen LogP contribution < -0.4 is 5.32 Å². The van der Waals surface area contributed by atoms with E-state index in [0.717, 1.165) is 10.0 Å². The van der Waals surface area contributed by atoms with Crippen molar-refractivity contribution in [3.8, 4) is 11.4 Å². The molecule has 1 amide bonds. The summed E-state index contributed by atoms with van der Waals surface area (Å²) in [5.41, 5.74) is 0.849. The lowest BCUT2D eigenvalue weighted by atomic mass is 10.2. The molecule has 1 aromatic carbocycles. The Morgan fingerprint density at radius 2 is 2.13 bits per heavy atom. The van der Waals surface area contributed by atoms with E-state index >= 15 is 0 Å². The van der Waals surface area contributed by atoms with Gasteiger partial charge < -0.3 is 14.4 Å². The van der Waals surface area contributed by atoms with Gasteiger partial charge in [-0.2, -0.15) is 4.98 Å². The summed E-state index contributed by atoms with van der Waals surface area (Å²) >= 11 is 3.41. The summed E-state index contributed by atoms with van der Waals surface area (Å²) in [4.78, 5) is 16.4. The summed E-state index contributed by atoms with van der Waals surface area (Å²) in [6.07, 6.45) is 3.70. The fourth-order valence-corrected chi connectivity index (χ4v) is 2.52. The molecule has 0 radical (unpaired) electrons. The number of nitrogens with one attached hydrogen (secondary N) is 1. The van der Waals surface area contributed by atoms with Crippen molar-refractivity contribution in [2.75, 3.05) is 0 Å². The average Bonchev–Trinajstić information content (AvgIpc) is 3.23. The maximum atomic E-state index is 12.1. The Morgan fingerprint density at radius 3 is 2.87 bits per heavy atom. The highest BCUT2D eigenvalue weighted by molar-refractivity contribution is 9.10. The van der Waals surface area contributed by atoms with Crippen LogP contribution in [0.25, 0.3) is 11.4 Å². The van der Waals surface area contributed by atoms with Crippen LogP contribution in [0.3, 0.4) is 0 Å². The third kappa shape index (κ3) is 3.68. The van der Waals surface area contributed by atoms with Crippen molar-refractivity contribution in [3.63, 3.8) is 0 Å². The summed E-state index contributed by atoms with van der Waals surface area (Å²) in [5, 5.41) is 6.73. The molecular formula is C16H15BrN4O2. The number of halogens is 1. The molecule has 118 valence electrons. The molecule has 0 saturated heterocycles. The molecule has 1 atom stereocenters. The van der Waals surface area contributed by atoms with Crippen LogP contribution in [0.1, 0.15) is 18.9 Å². The normalized spacial score (nSPS) is 12.1. The van der Waals surface area contributed by atoms with Crippen LogP contribution in [-0.4, -0.2) is 20.6 Å². The summed E-state index contributed by atoms with van der Waals surface area (Å²) < 4.78 is 7.95. The number of carbonyl (C=O) groups is 1. The quantitative estimate of drug-likeness (QED) is 0.744. The number of nitrogens with zero attached hydrogens (tertiary/aromatic N) is 3. The number of hydrogen-bond acceptors (Lipinski definition) is 4. The molecular weight excluding hydrogens is 360 g/mol. The summed E-state index contributed by atoms with van der Waals surface area (Å²) in [5.74, 6) is 0.755. The first-order chi connectivity index (χ1) is 11.1. The highest BCUT2D eigenvalue weighted by Crippen LogP contribution is 2.20. The van der Waals surface area contributed by atoms with Gasteiger partial charge in [0.2, 0.25) is 17.6 Å². The number of carbonyl (C=O) groups excluding carboxylic acids is 1. The molecule has 2 aromatic heterocycles. The van der Waals surface area contributed by atoms with Gasteiger partial charge in [0.1, 0.15) is 6.04 Å². The molecule has 2 heterocycles. The van der Waals surface area contributed by atoms with E-state index in [2.05, 4.69) is 31.4 Å². The third-order valence-electron chi connectivity index (χ3n) is 3.42. The van der Waals surface area contributed by atoms with Crippen LogP contribution in [-0.2, 0) is 11.3 Å². The Bertz CT molecular complexity index is 798. The molecule has 3 aromatic rings. The van der Waals surface area contributed by atoms with Gasteiger partial charge in [-0.05, 0) is 31.2 Å². The molecule has 0 saturated carbocycles. The van der Waals surface area contributed by atoms with E-state index in [1.54, 1.807) is 0 Å². The Labute approximate surface area is 141 Å². The second-order valence-electron chi connectivity index (χ2n) is 5.05. The van der Waals surface area contributed by atoms with Crippen molar-refractivity contribution in [1.82, 2.24) is 20.0 Å². The lowest BCUT2D eigenvalue weighted by Crippen LogP contribution is -2.30. The smallest absolute Gasteiger partial charge is 0.246 e. The van der Waals surface area contributed by atoms with Gasteiger partial charge in [-0.1, -0.05) is 33.2 Å². The van der Waals surface area contributed by atoms with Crippen LogP contribution in [0.5, 0.6) is 0 Å². The van der Waals surface area contributed by atoms with Gasteiger partial charge >= 0.3 is 0 Å². The fraction of sp³-hybridized carbons (Fsp3) is 0.188. The van der Waals surface area contributed by atoms with Crippen molar-refractivity contribution in [2.45, 2.75) is 19.5 Å². The molecule has 0 aliphatic rings. The molecule has 0 aliphatic heterocycles. The van der Waals surface area contributed by atoms with Crippen LogP contribution in [0.4, 0.5) is 0 Å². The number of amides is 1. The van der Waals surface area contributed by atoms with E-state index in [9.17, 15) is 4.79 Å². The van der Waals surface area contributed by atoms with E-state index in [1.165, 1.54) is 0 Å². The van der Waals surface area contributed by atoms with Gasteiger partial charge in [0.15, 0.2) is 0 Å². The lowest BCUT2D eigenvalue weighted by Gasteiger charge is -2.12. The minimum absolute atomic E-state index is 0.108. The summed E-state index contributed by atoms with van der Waals surface area (Å²) in [6.45, 7) is 2.03. The fourth-order valence-electron chi connectivity index (χ4n) is 2.12. The molecule has 0 unspecified atom stereocenters. The molecule has 0 spiro atoms. The molecule has 0 bridgehead atoms. The average molecular weight is 375 g/mol. The number of hydrogen-bond donors (Lipinski definition) is 1. The molecule has 6 nitrogen and oxygen atoms in total. The van der Waals surface area contributed by atoms with Crippen molar-refractivity contribution in [2.24, 2.45) is 0 Å². The maximum Gasteiger partial charge on any atom is 0.246 e. The summed E-state index contributed by atoms with van der Waals surface area (Å²) in [6, 6.07) is 11.1. The lowest BCUT2D eigenvalue weighted by molar-refractivity contribution is -0.124. The van der Waals surface area contributed by atoms with Crippen molar-refractivity contribution in [1.29, 1.82) is 0 Å². The van der Waals surface area contributed by atoms with Crippen LogP contribution in [0, 0.1) is 0 Å².